The van der Waals surface area contributed by atoms with E-state index in [2.05, 4.69) is 9.35 Å². The first-order valence-electron chi connectivity index (χ1n) is 9.61. The van der Waals surface area contributed by atoms with Crippen molar-refractivity contribution in [1.82, 2.24) is 9.88 Å². The highest BCUT2D eigenvalue weighted by molar-refractivity contribution is 7.93. The summed E-state index contributed by atoms with van der Waals surface area (Å²) in [6, 6.07) is 13.2. The third-order valence-electron chi connectivity index (χ3n) is 5.48. The van der Waals surface area contributed by atoms with Crippen molar-refractivity contribution in [3.05, 3.63) is 59.9 Å². The summed E-state index contributed by atoms with van der Waals surface area (Å²) in [4.78, 5) is 18.9. The van der Waals surface area contributed by atoms with Gasteiger partial charge in [0, 0.05) is 29.9 Å². The van der Waals surface area contributed by atoms with Crippen LogP contribution in [-0.4, -0.2) is 56.8 Å². The van der Waals surface area contributed by atoms with Crippen molar-refractivity contribution < 1.29 is 13.7 Å². The fourth-order valence-electron chi connectivity index (χ4n) is 3.79. The largest absolute Gasteiger partial charge is 0.371 e. The molecule has 1 amide bonds. The third-order valence-corrected chi connectivity index (χ3v) is 7.70. The van der Waals surface area contributed by atoms with Crippen LogP contribution in [0.1, 0.15) is 28.9 Å². The number of hydrogen-bond acceptors (Lipinski definition) is 5. The Balaban J connectivity index is 1.46. The van der Waals surface area contributed by atoms with Gasteiger partial charge in [-0.2, -0.15) is 4.36 Å². The minimum Gasteiger partial charge on any atom is -0.371 e. The van der Waals surface area contributed by atoms with Gasteiger partial charge in [0.1, 0.15) is 0 Å². The number of rotatable bonds is 2. The molecule has 0 N–H and O–H groups in total. The van der Waals surface area contributed by atoms with Gasteiger partial charge < -0.3 is 9.64 Å². The molecule has 0 saturated carbocycles. The average molecular weight is 400 g/mol. The maximum Gasteiger partial charge on any atom is 0.255 e. The Kier molecular flexibility index (Phi) is 5.21. The van der Waals surface area contributed by atoms with Crippen molar-refractivity contribution in [3.8, 4) is 0 Å². The Bertz CT molecular complexity index is 952. The van der Waals surface area contributed by atoms with Gasteiger partial charge >= 0.3 is 0 Å². The van der Waals surface area contributed by atoms with Gasteiger partial charge in [0.25, 0.3) is 5.91 Å². The van der Waals surface area contributed by atoms with Crippen molar-refractivity contribution in [2.45, 2.75) is 25.4 Å². The zero-order valence-corrected chi connectivity index (χ0v) is 16.9. The monoisotopic (exact) mass is 399 g/mol. The number of hydrogen-bond donors (Lipinski definition) is 0. The van der Waals surface area contributed by atoms with Crippen molar-refractivity contribution in [2.24, 2.45) is 4.36 Å². The van der Waals surface area contributed by atoms with Crippen molar-refractivity contribution >= 4 is 21.3 Å². The van der Waals surface area contributed by atoms with E-state index in [1.54, 1.807) is 6.20 Å². The van der Waals surface area contributed by atoms with Crippen LogP contribution < -0.4 is 0 Å². The van der Waals surface area contributed by atoms with Gasteiger partial charge in [-0.1, -0.05) is 18.2 Å². The summed E-state index contributed by atoms with van der Waals surface area (Å²) in [6.07, 6.45) is 2.93. The second-order valence-corrected chi connectivity index (χ2v) is 10.1. The van der Waals surface area contributed by atoms with Crippen LogP contribution in [0, 0.1) is 6.92 Å². The number of nitrogens with zero attached hydrogens (tertiary/aromatic N) is 3. The van der Waals surface area contributed by atoms with E-state index < -0.39 is 15.3 Å². The zero-order chi connectivity index (χ0) is 19.6. The van der Waals surface area contributed by atoms with Crippen LogP contribution in [0.4, 0.5) is 5.69 Å². The van der Waals surface area contributed by atoms with Crippen molar-refractivity contribution in [2.75, 3.05) is 31.2 Å². The lowest BCUT2D eigenvalue weighted by atomic mass is 9.94. The van der Waals surface area contributed by atoms with Gasteiger partial charge in [-0.15, -0.1) is 0 Å². The fourth-order valence-corrected chi connectivity index (χ4v) is 6.06. The highest BCUT2D eigenvalue weighted by Crippen LogP contribution is 2.33. The molecule has 0 unspecified atom stereocenters. The lowest BCUT2D eigenvalue weighted by molar-refractivity contribution is -0.104. The molecular formula is C21H25N3O3S. The van der Waals surface area contributed by atoms with Crippen LogP contribution in [0.25, 0.3) is 0 Å². The minimum atomic E-state index is -2.28. The molecule has 1 spiro atoms. The molecule has 28 heavy (non-hydrogen) atoms. The molecule has 2 aromatic rings. The average Bonchev–Trinajstić information content (AvgIpc) is 2.72. The van der Waals surface area contributed by atoms with E-state index in [0.717, 1.165) is 11.4 Å². The van der Waals surface area contributed by atoms with E-state index in [-0.39, 0.29) is 5.91 Å². The summed E-state index contributed by atoms with van der Waals surface area (Å²) < 4.78 is 23.8. The van der Waals surface area contributed by atoms with Crippen LogP contribution in [0.15, 0.2) is 53.0 Å². The maximum atomic E-state index is 13.2. The highest BCUT2D eigenvalue weighted by Gasteiger charge is 2.42. The molecule has 6 nitrogen and oxygen atoms in total. The summed E-state index contributed by atoms with van der Waals surface area (Å²) in [5.41, 5.74) is 1.83. The lowest BCUT2D eigenvalue weighted by Gasteiger charge is -2.45. The zero-order valence-electron chi connectivity index (χ0n) is 16.0. The quantitative estimate of drug-likeness (QED) is 0.777. The predicted molar refractivity (Wildman–Crippen MR) is 109 cm³/mol. The van der Waals surface area contributed by atoms with Crippen LogP contribution in [-0.2, 0) is 14.5 Å². The Morgan fingerprint density at radius 1 is 1.18 bits per heavy atom. The van der Waals surface area contributed by atoms with Crippen molar-refractivity contribution in [1.29, 1.82) is 0 Å². The van der Waals surface area contributed by atoms with E-state index in [1.165, 1.54) is 0 Å². The maximum absolute atomic E-state index is 13.2. The van der Waals surface area contributed by atoms with Gasteiger partial charge in [-0.3, -0.25) is 9.78 Å². The second kappa shape index (κ2) is 7.64. The summed E-state index contributed by atoms with van der Waals surface area (Å²) >= 11 is 0. The van der Waals surface area contributed by atoms with Gasteiger partial charge in [-0.05, 0) is 44.0 Å². The third kappa shape index (κ3) is 4.10. The Hall–Kier alpha value is -2.25. The first kappa shape index (κ1) is 19.1. The number of benzene rings is 1. The molecule has 0 atom stereocenters. The molecule has 148 valence electrons. The number of aryl methyl sites for hydroxylation is 1. The minimum absolute atomic E-state index is 0.0181. The second-order valence-electron chi connectivity index (χ2n) is 7.55. The predicted octanol–water partition coefficient (Wildman–Crippen LogP) is 3.19. The molecular weight excluding hydrogens is 374 g/mol. The van der Waals surface area contributed by atoms with E-state index in [0.29, 0.717) is 49.6 Å². The summed E-state index contributed by atoms with van der Waals surface area (Å²) in [7, 11) is -2.28. The molecule has 1 aromatic carbocycles. The lowest BCUT2D eigenvalue weighted by Crippen LogP contribution is -2.56. The SMILES string of the molecule is Cc1ccc(C(=O)N2CCOC3(CCS(=O)(=Nc4ccccc4)CC3)C2)cn1. The molecule has 2 saturated heterocycles. The molecule has 2 aliphatic heterocycles. The van der Waals surface area contributed by atoms with E-state index in [1.807, 2.05) is 54.3 Å². The molecule has 1 aromatic heterocycles. The van der Waals surface area contributed by atoms with Crippen LogP contribution in [0.3, 0.4) is 0 Å². The van der Waals surface area contributed by atoms with Gasteiger partial charge in [0.05, 0.1) is 39.7 Å². The molecule has 0 bridgehead atoms. The van der Waals surface area contributed by atoms with E-state index >= 15 is 0 Å². The van der Waals surface area contributed by atoms with Crippen LogP contribution in [0.2, 0.25) is 0 Å². The Labute approximate surface area is 166 Å². The number of carbonyl (C=O) groups excluding carboxylic acids is 1. The number of carbonyl (C=O) groups is 1. The molecule has 2 aliphatic rings. The normalized spacial score (nSPS) is 27.5. The van der Waals surface area contributed by atoms with Gasteiger partial charge in [0.15, 0.2) is 0 Å². The number of ether oxygens (including phenoxy) is 1. The molecule has 0 radical (unpaired) electrons. The topological polar surface area (TPSA) is 71.9 Å². The molecule has 0 aliphatic carbocycles. The molecule has 4 rings (SSSR count). The fraction of sp³-hybridized carbons (Fsp3) is 0.429. The number of pyridine rings is 1. The Morgan fingerprint density at radius 3 is 2.61 bits per heavy atom. The number of morpholine rings is 1. The van der Waals surface area contributed by atoms with Crippen molar-refractivity contribution in [3.63, 3.8) is 0 Å². The standard InChI is InChI=1S/C21H25N3O3S/c1-17-7-8-18(15-22-17)20(25)24-11-12-27-21(16-24)9-13-28(26,14-10-21)23-19-5-3-2-4-6-19/h2-8,15H,9-14,16H2,1H3. The summed E-state index contributed by atoms with van der Waals surface area (Å²) in [6.45, 7) is 3.50. The Morgan fingerprint density at radius 2 is 1.93 bits per heavy atom. The number of amides is 1. The van der Waals surface area contributed by atoms with Gasteiger partial charge in [0.2, 0.25) is 0 Å². The first-order chi connectivity index (χ1) is 13.5. The van der Waals surface area contributed by atoms with Crippen LogP contribution in [0.5, 0.6) is 0 Å². The van der Waals surface area contributed by atoms with Gasteiger partial charge in [-0.25, -0.2) is 4.21 Å². The first-order valence-corrected chi connectivity index (χ1v) is 11.5. The molecule has 7 heteroatoms. The van der Waals surface area contributed by atoms with E-state index in [9.17, 15) is 9.00 Å². The summed E-state index contributed by atoms with van der Waals surface area (Å²) in [5.74, 6) is 0.974. The van der Waals surface area contributed by atoms with Crippen LogP contribution >= 0.6 is 0 Å². The summed E-state index contributed by atoms with van der Waals surface area (Å²) in [5, 5.41) is 0. The molecule has 3 heterocycles. The molecule has 2 fully saturated rings. The van der Waals surface area contributed by atoms with E-state index in [4.69, 9.17) is 4.74 Å². The smallest absolute Gasteiger partial charge is 0.255 e. The highest BCUT2D eigenvalue weighted by atomic mass is 32.2. The number of aromatic nitrogens is 1.